The Morgan fingerprint density at radius 1 is 1.73 bits per heavy atom. The molecule has 0 saturated carbocycles. The first-order valence-corrected chi connectivity index (χ1v) is 5.56. The number of likely N-dealkylation sites (tertiary alicyclic amines) is 1. The molecule has 0 radical (unpaired) electrons. The van der Waals surface area contributed by atoms with Crippen molar-refractivity contribution in [2.75, 3.05) is 13.1 Å². The van der Waals surface area contributed by atoms with Crippen LogP contribution in [0.4, 0.5) is 4.79 Å². The molecular weight excluding hydrogens is 190 g/mol. The Balaban J connectivity index is 2.36. The van der Waals surface area contributed by atoms with E-state index >= 15 is 0 Å². The van der Waals surface area contributed by atoms with Gasteiger partial charge < -0.3 is 10.2 Å². The Bertz CT molecular complexity index is 259. The summed E-state index contributed by atoms with van der Waals surface area (Å²) in [6.45, 7) is 5.70. The summed E-state index contributed by atoms with van der Waals surface area (Å²) in [5, 5.41) is 11.3. The van der Waals surface area contributed by atoms with Crippen molar-refractivity contribution in [3.05, 3.63) is 0 Å². The third kappa shape index (κ3) is 3.78. The zero-order valence-electron chi connectivity index (χ0n) is 9.49. The van der Waals surface area contributed by atoms with Crippen molar-refractivity contribution in [2.45, 2.75) is 39.2 Å². The molecule has 0 bridgehead atoms. The van der Waals surface area contributed by atoms with Crippen molar-refractivity contribution in [1.82, 2.24) is 10.2 Å². The fourth-order valence-corrected chi connectivity index (χ4v) is 1.86. The summed E-state index contributed by atoms with van der Waals surface area (Å²) in [6.07, 6.45) is 2.66. The topological polar surface area (TPSA) is 56.1 Å². The van der Waals surface area contributed by atoms with Crippen LogP contribution in [-0.4, -0.2) is 30.1 Å². The van der Waals surface area contributed by atoms with Crippen LogP contribution in [0.5, 0.6) is 0 Å². The van der Waals surface area contributed by atoms with E-state index in [9.17, 15) is 4.79 Å². The van der Waals surface area contributed by atoms with Gasteiger partial charge in [0.15, 0.2) is 0 Å². The second-order valence-electron chi connectivity index (χ2n) is 4.41. The number of nitriles is 1. The monoisotopic (exact) mass is 209 g/mol. The van der Waals surface area contributed by atoms with E-state index < -0.39 is 0 Å². The lowest BCUT2D eigenvalue weighted by Gasteiger charge is -2.31. The number of rotatable bonds is 2. The van der Waals surface area contributed by atoms with Crippen molar-refractivity contribution in [2.24, 2.45) is 5.92 Å². The van der Waals surface area contributed by atoms with Crippen LogP contribution in [0.3, 0.4) is 0 Å². The number of amides is 2. The predicted octanol–water partition coefficient (Wildman–Crippen LogP) is 1.73. The molecular formula is C11H19N3O. The lowest BCUT2D eigenvalue weighted by molar-refractivity contribution is 0.167. The van der Waals surface area contributed by atoms with Gasteiger partial charge in [-0.15, -0.1) is 0 Å². The summed E-state index contributed by atoms with van der Waals surface area (Å²) in [6, 6.07) is 1.97. The minimum atomic E-state index is -0.0558. The van der Waals surface area contributed by atoms with Gasteiger partial charge in [-0.3, -0.25) is 0 Å². The van der Waals surface area contributed by atoms with Crippen molar-refractivity contribution in [3.63, 3.8) is 0 Å². The summed E-state index contributed by atoms with van der Waals surface area (Å²) in [4.78, 5) is 13.6. The second kappa shape index (κ2) is 5.59. The van der Waals surface area contributed by atoms with Crippen LogP contribution in [0, 0.1) is 17.2 Å². The number of carbonyl (C=O) groups excluding carboxylic acids is 1. The minimum absolute atomic E-state index is 0.0238. The first-order valence-electron chi connectivity index (χ1n) is 5.56. The van der Waals surface area contributed by atoms with Gasteiger partial charge in [0, 0.05) is 19.1 Å². The van der Waals surface area contributed by atoms with Crippen molar-refractivity contribution >= 4 is 6.03 Å². The first kappa shape index (κ1) is 11.8. The van der Waals surface area contributed by atoms with Gasteiger partial charge in [-0.1, -0.05) is 6.92 Å². The Morgan fingerprint density at radius 3 is 3.07 bits per heavy atom. The lowest BCUT2D eigenvalue weighted by Crippen LogP contribution is -2.47. The van der Waals surface area contributed by atoms with E-state index in [1.165, 1.54) is 6.42 Å². The number of nitrogens with zero attached hydrogens (tertiary/aromatic N) is 2. The highest BCUT2D eigenvalue weighted by molar-refractivity contribution is 5.74. The smallest absolute Gasteiger partial charge is 0.317 e. The molecule has 2 amide bonds. The van der Waals surface area contributed by atoms with Crippen LogP contribution in [0.1, 0.15) is 33.1 Å². The van der Waals surface area contributed by atoms with Crippen molar-refractivity contribution in [1.29, 1.82) is 5.26 Å². The molecule has 4 heteroatoms. The molecule has 1 N–H and O–H groups in total. The van der Waals surface area contributed by atoms with Gasteiger partial charge in [0.25, 0.3) is 0 Å². The fraction of sp³-hybridized carbons (Fsp3) is 0.818. The Morgan fingerprint density at radius 2 is 2.47 bits per heavy atom. The summed E-state index contributed by atoms with van der Waals surface area (Å²) < 4.78 is 0. The summed E-state index contributed by atoms with van der Waals surface area (Å²) in [5.41, 5.74) is 0. The van der Waals surface area contributed by atoms with Crippen LogP contribution >= 0.6 is 0 Å². The highest BCUT2D eigenvalue weighted by atomic mass is 16.2. The third-order valence-electron chi connectivity index (χ3n) is 2.71. The first-order chi connectivity index (χ1) is 7.13. The Hall–Kier alpha value is -1.24. The van der Waals surface area contributed by atoms with Gasteiger partial charge in [-0.05, 0) is 25.7 Å². The van der Waals surface area contributed by atoms with E-state index in [0.29, 0.717) is 12.3 Å². The number of piperidine rings is 1. The molecule has 1 heterocycles. The van der Waals surface area contributed by atoms with E-state index in [2.05, 4.69) is 18.3 Å². The molecule has 15 heavy (non-hydrogen) atoms. The van der Waals surface area contributed by atoms with Crippen molar-refractivity contribution in [3.8, 4) is 6.07 Å². The molecule has 1 aliphatic rings. The molecule has 0 spiro atoms. The van der Waals surface area contributed by atoms with Gasteiger partial charge in [-0.2, -0.15) is 5.26 Å². The van der Waals surface area contributed by atoms with E-state index in [0.717, 1.165) is 19.5 Å². The van der Waals surface area contributed by atoms with Crippen LogP contribution in [-0.2, 0) is 0 Å². The second-order valence-corrected chi connectivity index (χ2v) is 4.41. The average Bonchev–Trinajstić information content (AvgIpc) is 2.18. The molecule has 0 aromatic carbocycles. The molecule has 4 nitrogen and oxygen atoms in total. The third-order valence-corrected chi connectivity index (χ3v) is 2.71. The Labute approximate surface area is 91.2 Å². The molecule has 84 valence electrons. The zero-order chi connectivity index (χ0) is 11.3. The number of carbonyl (C=O) groups is 1. The molecule has 0 aromatic rings. The molecule has 0 aromatic heterocycles. The van der Waals surface area contributed by atoms with E-state index in [-0.39, 0.29) is 12.1 Å². The SMILES string of the molecule is CC1CCCN(C(=O)NC(C)CC#N)C1. The van der Waals surface area contributed by atoms with Gasteiger partial charge in [0.2, 0.25) is 0 Å². The largest absolute Gasteiger partial charge is 0.335 e. The lowest BCUT2D eigenvalue weighted by atomic mass is 10.0. The maximum atomic E-state index is 11.7. The maximum absolute atomic E-state index is 11.7. The highest BCUT2D eigenvalue weighted by Gasteiger charge is 2.21. The van der Waals surface area contributed by atoms with Gasteiger partial charge in [0.1, 0.15) is 0 Å². The molecule has 1 rings (SSSR count). The molecule has 1 fully saturated rings. The number of hydrogen-bond donors (Lipinski definition) is 1. The van der Waals surface area contributed by atoms with Crippen LogP contribution < -0.4 is 5.32 Å². The van der Waals surface area contributed by atoms with E-state index in [4.69, 9.17) is 5.26 Å². The van der Waals surface area contributed by atoms with E-state index in [1.54, 1.807) is 0 Å². The Kier molecular flexibility index (Phi) is 4.41. The molecule has 2 atom stereocenters. The zero-order valence-corrected chi connectivity index (χ0v) is 9.49. The average molecular weight is 209 g/mol. The summed E-state index contributed by atoms with van der Waals surface area (Å²) in [7, 11) is 0. The van der Waals surface area contributed by atoms with Crippen LogP contribution in [0.2, 0.25) is 0 Å². The molecule has 0 aliphatic carbocycles. The maximum Gasteiger partial charge on any atom is 0.317 e. The van der Waals surface area contributed by atoms with Gasteiger partial charge >= 0.3 is 6.03 Å². The predicted molar refractivity (Wildman–Crippen MR) is 58.2 cm³/mol. The van der Waals surface area contributed by atoms with E-state index in [1.807, 2.05) is 11.8 Å². The normalized spacial score (nSPS) is 23.0. The van der Waals surface area contributed by atoms with Gasteiger partial charge in [-0.25, -0.2) is 4.79 Å². The van der Waals surface area contributed by atoms with Crippen LogP contribution in [0.15, 0.2) is 0 Å². The fourth-order valence-electron chi connectivity index (χ4n) is 1.86. The standard InChI is InChI=1S/C11H19N3O/c1-9-4-3-7-14(8-9)11(15)13-10(2)5-6-12/h9-10H,3-5,7-8H2,1-2H3,(H,13,15). The summed E-state index contributed by atoms with van der Waals surface area (Å²) in [5.74, 6) is 0.593. The number of hydrogen-bond acceptors (Lipinski definition) is 2. The summed E-state index contributed by atoms with van der Waals surface area (Å²) >= 11 is 0. The van der Waals surface area contributed by atoms with Gasteiger partial charge in [0.05, 0.1) is 12.5 Å². The quantitative estimate of drug-likeness (QED) is 0.753. The minimum Gasteiger partial charge on any atom is -0.335 e. The number of nitrogens with one attached hydrogen (secondary N) is 1. The molecule has 2 unspecified atom stereocenters. The number of urea groups is 1. The molecule has 1 aliphatic heterocycles. The highest BCUT2D eigenvalue weighted by Crippen LogP contribution is 2.15. The van der Waals surface area contributed by atoms with Crippen LogP contribution in [0.25, 0.3) is 0 Å². The molecule has 1 saturated heterocycles. The van der Waals surface area contributed by atoms with Crippen molar-refractivity contribution < 1.29 is 4.79 Å².